The van der Waals surface area contributed by atoms with E-state index in [4.69, 9.17) is 27.9 Å². The fourth-order valence-corrected chi connectivity index (χ4v) is 6.60. The lowest BCUT2D eigenvalue weighted by Crippen LogP contribution is -2.17. The van der Waals surface area contributed by atoms with Crippen LogP contribution in [0, 0.1) is 13.8 Å². The zero-order chi connectivity index (χ0) is 26.3. The molecule has 4 aromatic rings. The van der Waals surface area contributed by atoms with Gasteiger partial charge in [-0.25, -0.2) is 16.8 Å². The van der Waals surface area contributed by atoms with Crippen molar-refractivity contribution in [2.45, 2.75) is 23.6 Å². The predicted octanol–water partition coefficient (Wildman–Crippen LogP) is 6.37. The molecule has 0 saturated carbocycles. The minimum absolute atomic E-state index is 0.234. The lowest BCUT2D eigenvalue weighted by molar-refractivity contribution is 0.415. The summed E-state index contributed by atoms with van der Waals surface area (Å²) in [7, 11) is -6.98. The maximum Gasteiger partial charge on any atom is 0.262 e. The van der Waals surface area contributed by atoms with Crippen LogP contribution in [-0.2, 0) is 20.0 Å². The standard InChI is InChI=1S/C25H22Cl2N2O5S2/c1-15-21(26)6-4-8-23(15)28-35(30,31)19-12-17-10-11-18(34-3)13-20(17)25(14-19)36(32,33)29-24-9-5-7-22(27)16(24)2/h4-14,28-29H,1-3H3. The first kappa shape index (κ1) is 26.1. The van der Waals surface area contributed by atoms with E-state index in [2.05, 4.69) is 9.44 Å². The van der Waals surface area contributed by atoms with Gasteiger partial charge in [-0.2, -0.15) is 0 Å². The highest BCUT2D eigenvalue weighted by Gasteiger charge is 2.25. The maximum atomic E-state index is 13.6. The lowest BCUT2D eigenvalue weighted by Gasteiger charge is -2.16. The largest absolute Gasteiger partial charge is 0.497 e. The summed E-state index contributed by atoms with van der Waals surface area (Å²) >= 11 is 12.3. The normalized spacial score (nSPS) is 11.9. The summed E-state index contributed by atoms with van der Waals surface area (Å²) in [6.07, 6.45) is 0. The van der Waals surface area contributed by atoms with Gasteiger partial charge in [-0.05, 0) is 78.9 Å². The number of anilines is 2. The summed E-state index contributed by atoms with van der Waals surface area (Å²) in [6, 6.07) is 17.0. The number of halogens is 2. The molecule has 4 aromatic carbocycles. The molecular formula is C25H22Cl2N2O5S2. The molecule has 36 heavy (non-hydrogen) atoms. The Labute approximate surface area is 220 Å². The van der Waals surface area contributed by atoms with Crippen molar-refractivity contribution in [1.82, 2.24) is 0 Å². The van der Waals surface area contributed by atoms with Gasteiger partial charge < -0.3 is 4.74 Å². The van der Waals surface area contributed by atoms with Crippen molar-refractivity contribution in [2.24, 2.45) is 0 Å². The van der Waals surface area contributed by atoms with Crippen LogP contribution >= 0.6 is 23.2 Å². The summed E-state index contributed by atoms with van der Waals surface area (Å²) in [5, 5.41) is 1.47. The zero-order valence-electron chi connectivity index (χ0n) is 19.5. The maximum absolute atomic E-state index is 13.6. The van der Waals surface area contributed by atoms with Gasteiger partial charge in [0.15, 0.2) is 0 Å². The lowest BCUT2D eigenvalue weighted by atomic mass is 10.1. The van der Waals surface area contributed by atoms with Crippen LogP contribution in [0.4, 0.5) is 11.4 Å². The van der Waals surface area contributed by atoms with E-state index in [9.17, 15) is 16.8 Å². The smallest absolute Gasteiger partial charge is 0.262 e. The van der Waals surface area contributed by atoms with Gasteiger partial charge in [-0.3, -0.25) is 9.44 Å². The fraction of sp³-hybridized carbons (Fsp3) is 0.120. The molecular weight excluding hydrogens is 543 g/mol. The molecule has 0 atom stereocenters. The second-order valence-corrected chi connectivity index (χ2v) is 12.2. The van der Waals surface area contributed by atoms with E-state index >= 15 is 0 Å². The van der Waals surface area contributed by atoms with Crippen molar-refractivity contribution in [2.75, 3.05) is 16.6 Å². The molecule has 0 aliphatic carbocycles. The highest BCUT2D eigenvalue weighted by Crippen LogP contribution is 2.34. The molecule has 11 heteroatoms. The molecule has 0 amide bonds. The average molecular weight is 566 g/mol. The van der Waals surface area contributed by atoms with Crippen molar-refractivity contribution >= 4 is 65.4 Å². The number of ether oxygens (including phenoxy) is 1. The van der Waals surface area contributed by atoms with Crippen LogP contribution in [0.3, 0.4) is 0 Å². The van der Waals surface area contributed by atoms with Crippen LogP contribution in [0.15, 0.2) is 76.5 Å². The van der Waals surface area contributed by atoms with E-state index in [-0.39, 0.29) is 21.2 Å². The van der Waals surface area contributed by atoms with Crippen molar-refractivity contribution in [3.8, 4) is 5.75 Å². The minimum atomic E-state index is -4.25. The number of benzene rings is 4. The number of rotatable bonds is 7. The molecule has 0 bridgehead atoms. The molecule has 4 rings (SSSR count). The Hall–Kier alpha value is -2.98. The molecule has 0 heterocycles. The van der Waals surface area contributed by atoms with Crippen LogP contribution in [0.25, 0.3) is 10.8 Å². The summed E-state index contributed by atoms with van der Waals surface area (Å²) in [5.74, 6) is 0.418. The summed E-state index contributed by atoms with van der Waals surface area (Å²) in [5.41, 5.74) is 1.64. The Morgan fingerprint density at radius 2 is 1.28 bits per heavy atom. The van der Waals surface area contributed by atoms with E-state index in [1.165, 1.54) is 13.2 Å². The van der Waals surface area contributed by atoms with Gasteiger partial charge in [-0.1, -0.05) is 41.4 Å². The number of nitrogens with one attached hydrogen (secondary N) is 2. The highest BCUT2D eigenvalue weighted by molar-refractivity contribution is 7.93. The van der Waals surface area contributed by atoms with E-state index < -0.39 is 20.0 Å². The number of hydrogen-bond donors (Lipinski definition) is 2. The highest BCUT2D eigenvalue weighted by atomic mass is 35.5. The second kappa shape index (κ2) is 9.82. The summed E-state index contributed by atoms with van der Waals surface area (Å²) < 4.78 is 64.2. The van der Waals surface area contributed by atoms with E-state index in [0.717, 1.165) is 6.07 Å². The first-order valence-electron chi connectivity index (χ1n) is 10.6. The second-order valence-electron chi connectivity index (χ2n) is 8.04. The molecule has 0 spiro atoms. The number of methoxy groups -OCH3 is 1. The minimum Gasteiger partial charge on any atom is -0.497 e. The van der Waals surface area contributed by atoms with Crippen LogP contribution in [0.5, 0.6) is 5.75 Å². The third kappa shape index (κ3) is 5.10. The van der Waals surface area contributed by atoms with Gasteiger partial charge >= 0.3 is 0 Å². The van der Waals surface area contributed by atoms with Crippen LogP contribution in [-0.4, -0.2) is 23.9 Å². The third-order valence-corrected chi connectivity index (χ3v) is 9.29. The summed E-state index contributed by atoms with van der Waals surface area (Å²) in [6.45, 7) is 3.36. The Balaban J connectivity index is 1.89. The number of fused-ring (bicyclic) bond motifs is 1. The molecule has 0 fully saturated rings. The molecule has 0 aliphatic rings. The fourth-order valence-electron chi connectivity index (χ4n) is 3.62. The number of hydrogen-bond acceptors (Lipinski definition) is 5. The van der Waals surface area contributed by atoms with Crippen molar-refractivity contribution < 1.29 is 21.6 Å². The molecule has 0 unspecified atom stereocenters. The molecule has 0 aromatic heterocycles. The van der Waals surface area contributed by atoms with Crippen LogP contribution in [0.1, 0.15) is 11.1 Å². The topological polar surface area (TPSA) is 102 Å². The van der Waals surface area contributed by atoms with Crippen LogP contribution in [0.2, 0.25) is 10.0 Å². The predicted molar refractivity (Wildman–Crippen MR) is 144 cm³/mol. The van der Waals surface area contributed by atoms with Crippen LogP contribution < -0.4 is 14.2 Å². The molecule has 0 saturated heterocycles. The van der Waals surface area contributed by atoms with E-state index in [0.29, 0.717) is 37.7 Å². The Bertz CT molecular complexity index is 1710. The Morgan fingerprint density at radius 1 is 0.722 bits per heavy atom. The molecule has 7 nitrogen and oxygen atoms in total. The molecule has 188 valence electrons. The summed E-state index contributed by atoms with van der Waals surface area (Å²) in [4.78, 5) is -0.468. The van der Waals surface area contributed by atoms with Gasteiger partial charge in [0.1, 0.15) is 5.75 Å². The quantitative estimate of drug-likeness (QED) is 0.271. The van der Waals surface area contributed by atoms with Crippen molar-refractivity contribution in [3.63, 3.8) is 0 Å². The first-order chi connectivity index (χ1) is 16.9. The first-order valence-corrected chi connectivity index (χ1v) is 14.3. The molecule has 0 radical (unpaired) electrons. The molecule has 2 N–H and O–H groups in total. The SMILES string of the molecule is COc1ccc2cc(S(=O)(=O)Nc3cccc(Cl)c3C)cc(S(=O)(=O)Nc3cccc(Cl)c3C)c2c1. The van der Waals surface area contributed by atoms with Crippen molar-refractivity contribution in [1.29, 1.82) is 0 Å². The third-order valence-electron chi connectivity index (χ3n) is 5.72. The van der Waals surface area contributed by atoms with Gasteiger partial charge in [0, 0.05) is 15.4 Å². The molecule has 0 aliphatic heterocycles. The van der Waals surface area contributed by atoms with Crippen molar-refractivity contribution in [3.05, 3.63) is 87.9 Å². The van der Waals surface area contributed by atoms with E-state index in [1.807, 2.05) is 0 Å². The van der Waals surface area contributed by atoms with Gasteiger partial charge in [0.05, 0.1) is 28.3 Å². The van der Waals surface area contributed by atoms with Gasteiger partial charge in [0.25, 0.3) is 20.0 Å². The van der Waals surface area contributed by atoms with Gasteiger partial charge in [0.2, 0.25) is 0 Å². The average Bonchev–Trinajstić information content (AvgIpc) is 2.83. The Kier molecular flexibility index (Phi) is 7.12. The van der Waals surface area contributed by atoms with E-state index in [1.54, 1.807) is 68.4 Å². The monoisotopic (exact) mass is 564 g/mol. The van der Waals surface area contributed by atoms with Gasteiger partial charge in [-0.15, -0.1) is 0 Å². The number of sulfonamides is 2. The zero-order valence-corrected chi connectivity index (χ0v) is 22.6. The Morgan fingerprint density at radius 3 is 1.83 bits per heavy atom.